The van der Waals surface area contributed by atoms with E-state index >= 15 is 0 Å². The van der Waals surface area contributed by atoms with Crippen LogP contribution in [-0.4, -0.2) is 35.6 Å². The Morgan fingerprint density at radius 3 is 2.65 bits per heavy atom. The summed E-state index contributed by atoms with van der Waals surface area (Å²) in [7, 11) is 2.98. The van der Waals surface area contributed by atoms with Crippen LogP contribution in [0.25, 0.3) is 11.4 Å². The van der Waals surface area contributed by atoms with Crippen LogP contribution in [0.5, 0.6) is 0 Å². The minimum atomic E-state index is -4.63. The SMILES string of the molecule is C[C@H](NC(=O)c1cc(C(F)(F)F)nn1C)c1nc(-c2cnn(C)c2)no1. The van der Waals surface area contributed by atoms with Gasteiger partial charge in [-0.1, -0.05) is 5.16 Å². The number of aryl methyl sites for hydroxylation is 2. The molecule has 3 aromatic heterocycles. The predicted octanol–water partition coefficient (Wildman–Crippen LogP) is 1.71. The third-order valence-electron chi connectivity index (χ3n) is 3.53. The molecular formula is C14H14F3N7O2. The van der Waals surface area contributed by atoms with Gasteiger partial charge in [0.2, 0.25) is 11.7 Å². The topological polar surface area (TPSA) is 104 Å². The second kappa shape index (κ2) is 6.28. The Bertz CT molecular complexity index is 941. The first-order valence-electron chi connectivity index (χ1n) is 7.40. The van der Waals surface area contributed by atoms with E-state index in [2.05, 4.69) is 25.7 Å². The van der Waals surface area contributed by atoms with Gasteiger partial charge in [-0.25, -0.2) is 0 Å². The number of carbonyl (C=O) groups excluding carboxylic acids is 1. The molecule has 1 atom stereocenters. The lowest BCUT2D eigenvalue weighted by atomic mass is 10.3. The molecule has 3 heterocycles. The minimum Gasteiger partial charge on any atom is -0.339 e. The fourth-order valence-corrected chi connectivity index (χ4v) is 2.22. The summed E-state index contributed by atoms with van der Waals surface area (Å²) in [6.07, 6.45) is -1.40. The number of rotatable bonds is 4. The maximum absolute atomic E-state index is 12.7. The molecule has 26 heavy (non-hydrogen) atoms. The standard InChI is InChI=1S/C14H14F3N7O2/c1-7(13-20-11(22-26-13)8-5-18-23(2)6-8)19-12(25)9-4-10(14(15,16)17)21-24(9)3/h4-7H,1-3H3,(H,19,25)/t7-/m0/s1. The fraction of sp³-hybridized carbons (Fsp3) is 0.357. The molecule has 1 amide bonds. The molecule has 1 N–H and O–H groups in total. The van der Waals surface area contributed by atoms with Crippen LogP contribution in [0, 0.1) is 0 Å². The van der Waals surface area contributed by atoms with Crippen LogP contribution in [0.2, 0.25) is 0 Å². The summed E-state index contributed by atoms with van der Waals surface area (Å²) in [6.45, 7) is 1.57. The minimum absolute atomic E-state index is 0.107. The number of alkyl halides is 3. The first-order chi connectivity index (χ1) is 12.1. The summed E-state index contributed by atoms with van der Waals surface area (Å²) in [6, 6.07) is -0.0404. The Labute approximate surface area is 144 Å². The van der Waals surface area contributed by atoms with Gasteiger partial charge in [0, 0.05) is 26.4 Å². The van der Waals surface area contributed by atoms with Gasteiger partial charge in [-0.2, -0.15) is 28.4 Å². The lowest BCUT2D eigenvalue weighted by Crippen LogP contribution is -2.28. The van der Waals surface area contributed by atoms with Gasteiger partial charge in [-0.3, -0.25) is 14.2 Å². The average Bonchev–Trinajstić information content (AvgIpc) is 3.24. The maximum atomic E-state index is 12.7. The van der Waals surface area contributed by atoms with Gasteiger partial charge in [0.15, 0.2) is 5.69 Å². The largest absolute Gasteiger partial charge is 0.435 e. The maximum Gasteiger partial charge on any atom is 0.435 e. The van der Waals surface area contributed by atoms with E-state index in [0.717, 1.165) is 4.68 Å². The van der Waals surface area contributed by atoms with E-state index in [4.69, 9.17) is 4.52 Å². The lowest BCUT2D eigenvalue weighted by Gasteiger charge is -2.09. The highest BCUT2D eigenvalue weighted by molar-refractivity contribution is 5.92. The zero-order valence-corrected chi connectivity index (χ0v) is 13.9. The van der Waals surface area contributed by atoms with Gasteiger partial charge in [0.05, 0.1) is 11.8 Å². The van der Waals surface area contributed by atoms with Gasteiger partial charge in [-0.15, -0.1) is 0 Å². The number of carbonyl (C=O) groups is 1. The van der Waals surface area contributed by atoms with Crippen molar-refractivity contribution in [3.05, 3.63) is 35.7 Å². The van der Waals surface area contributed by atoms with E-state index in [-0.39, 0.29) is 17.4 Å². The molecule has 0 saturated carbocycles. The van der Waals surface area contributed by atoms with Gasteiger partial charge < -0.3 is 9.84 Å². The number of halogens is 3. The quantitative estimate of drug-likeness (QED) is 0.751. The molecule has 3 rings (SSSR count). The summed E-state index contributed by atoms with van der Waals surface area (Å²) in [5.41, 5.74) is -0.756. The van der Waals surface area contributed by atoms with E-state index in [1.807, 2.05) is 0 Å². The van der Waals surface area contributed by atoms with Crippen LogP contribution in [0.1, 0.15) is 35.0 Å². The number of hydrogen-bond donors (Lipinski definition) is 1. The monoisotopic (exact) mass is 369 g/mol. The molecule has 138 valence electrons. The molecule has 0 aliphatic rings. The number of aromatic nitrogens is 6. The molecule has 0 bridgehead atoms. The van der Waals surface area contributed by atoms with Crippen molar-refractivity contribution in [2.75, 3.05) is 0 Å². The molecule has 3 aromatic rings. The Morgan fingerprint density at radius 1 is 1.35 bits per heavy atom. The Balaban J connectivity index is 1.74. The molecule has 0 aromatic carbocycles. The fourth-order valence-electron chi connectivity index (χ4n) is 2.22. The summed E-state index contributed by atoms with van der Waals surface area (Å²) in [5, 5.41) is 13.6. The van der Waals surface area contributed by atoms with Crippen molar-refractivity contribution in [2.45, 2.75) is 19.1 Å². The molecule has 12 heteroatoms. The number of hydrogen-bond acceptors (Lipinski definition) is 6. The van der Waals surface area contributed by atoms with E-state index in [1.54, 1.807) is 31.0 Å². The van der Waals surface area contributed by atoms with Crippen LogP contribution >= 0.6 is 0 Å². The zero-order chi connectivity index (χ0) is 19.1. The number of nitrogens with zero attached hydrogens (tertiary/aromatic N) is 6. The molecule has 0 saturated heterocycles. The van der Waals surface area contributed by atoms with Gasteiger partial charge in [0.1, 0.15) is 11.7 Å². The molecule has 0 spiro atoms. The Kier molecular flexibility index (Phi) is 4.26. The van der Waals surface area contributed by atoms with Gasteiger partial charge >= 0.3 is 6.18 Å². The van der Waals surface area contributed by atoms with Crippen LogP contribution in [0.4, 0.5) is 13.2 Å². The predicted molar refractivity (Wildman–Crippen MR) is 80.6 cm³/mol. The highest BCUT2D eigenvalue weighted by atomic mass is 19.4. The van der Waals surface area contributed by atoms with Crippen LogP contribution in [-0.2, 0) is 20.3 Å². The van der Waals surface area contributed by atoms with Crippen molar-refractivity contribution in [1.82, 2.24) is 35.0 Å². The highest BCUT2D eigenvalue weighted by Crippen LogP contribution is 2.28. The third kappa shape index (κ3) is 3.43. The van der Waals surface area contributed by atoms with Crippen LogP contribution < -0.4 is 5.32 Å². The second-order valence-electron chi connectivity index (χ2n) is 5.59. The van der Waals surface area contributed by atoms with E-state index in [0.29, 0.717) is 11.6 Å². The molecule has 9 nitrogen and oxygen atoms in total. The Hall–Kier alpha value is -3.18. The smallest absolute Gasteiger partial charge is 0.339 e. The van der Waals surface area contributed by atoms with Crippen molar-refractivity contribution < 1.29 is 22.5 Å². The molecule has 0 radical (unpaired) electrons. The molecule has 0 unspecified atom stereocenters. The van der Waals surface area contributed by atoms with Crippen molar-refractivity contribution in [2.24, 2.45) is 14.1 Å². The number of amides is 1. The normalized spacial score (nSPS) is 13.0. The van der Waals surface area contributed by atoms with Crippen molar-refractivity contribution in [3.63, 3.8) is 0 Å². The first-order valence-corrected chi connectivity index (χ1v) is 7.40. The first kappa shape index (κ1) is 17.6. The molecular weight excluding hydrogens is 355 g/mol. The Morgan fingerprint density at radius 2 is 2.08 bits per heavy atom. The average molecular weight is 369 g/mol. The summed E-state index contributed by atoms with van der Waals surface area (Å²) in [4.78, 5) is 16.4. The van der Waals surface area contributed by atoms with Crippen molar-refractivity contribution >= 4 is 5.91 Å². The number of nitrogens with one attached hydrogen (secondary N) is 1. The molecule has 0 fully saturated rings. The van der Waals surface area contributed by atoms with Crippen LogP contribution in [0.15, 0.2) is 23.0 Å². The van der Waals surface area contributed by atoms with Crippen molar-refractivity contribution in [1.29, 1.82) is 0 Å². The summed E-state index contributed by atoms with van der Waals surface area (Å²) in [5.74, 6) is -0.353. The zero-order valence-electron chi connectivity index (χ0n) is 13.9. The lowest BCUT2D eigenvalue weighted by molar-refractivity contribution is -0.141. The van der Waals surface area contributed by atoms with Crippen LogP contribution in [0.3, 0.4) is 0 Å². The van der Waals surface area contributed by atoms with E-state index in [1.165, 1.54) is 7.05 Å². The van der Waals surface area contributed by atoms with E-state index in [9.17, 15) is 18.0 Å². The molecule has 0 aliphatic carbocycles. The van der Waals surface area contributed by atoms with Gasteiger partial charge in [0.25, 0.3) is 5.91 Å². The highest BCUT2D eigenvalue weighted by Gasteiger charge is 2.35. The van der Waals surface area contributed by atoms with E-state index < -0.39 is 23.8 Å². The third-order valence-corrected chi connectivity index (χ3v) is 3.53. The summed E-state index contributed by atoms with van der Waals surface area (Å²) >= 11 is 0. The van der Waals surface area contributed by atoms with Crippen molar-refractivity contribution in [3.8, 4) is 11.4 Å². The second-order valence-corrected chi connectivity index (χ2v) is 5.59. The summed E-state index contributed by atoms with van der Waals surface area (Å²) < 4.78 is 45.6. The molecule has 0 aliphatic heterocycles. The van der Waals surface area contributed by atoms with Gasteiger partial charge in [-0.05, 0) is 6.92 Å².